The third-order valence-corrected chi connectivity index (χ3v) is 7.79. The molecular formula is C28H26F3N5O3. The number of aromatic amines is 1. The number of amides is 2. The van der Waals surface area contributed by atoms with Gasteiger partial charge in [-0.2, -0.15) is 18.3 Å². The maximum absolute atomic E-state index is 13.6. The molecule has 0 radical (unpaired) electrons. The van der Waals surface area contributed by atoms with Crippen LogP contribution in [-0.2, 0) is 23.8 Å². The van der Waals surface area contributed by atoms with Crippen molar-refractivity contribution in [2.45, 2.75) is 43.8 Å². The molecule has 4 heterocycles. The second-order valence-corrected chi connectivity index (χ2v) is 10.2. The van der Waals surface area contributed by atoms with Crippen molar-refractivity contribution in [1.29, 1.82) is 0 Å². The first-order valence-corrected chi connectivity index (χ1v) is 12.9. The summed E-state index contributed by atoms with van der Waals surface area (Å²) in [5.41, 5.74) is 1.98. The van der Waals surface area contributed by atoms with E-state index in [0.29, 0.717) is 31.4 Å². The molecule has 3 aliphatic rings. The zero-order valence-electron chi connectivity index (χ0n) is 21.0. The Labute approximate surface area is 221 Å². The van der Waals surface area contributed by atoms with Gasteiger partial charge in [0.25, 0.3) is 11.5 Å². The summed E-state index contributed by atoms with van der Waals surface area (Å²) in [6, 6.07) is 9.29. The molecule has 1 aliphatic carbocycles. The van der Waals surface area contributed by atoms with Gasteiger partial charge >= 0.3 is 6.18 Å². The monoisotopic (exact) mass is 537 g/mol. The van der Waals surface area contributed by atoms with Crippen LogP contribution in [0.15, 0.2) is 53.8 Å². The summed E-state index contributed by atoms with van der Waals surface area (Å²) in [5.74, 6) is -0.367. The Hall–Kier alpha value is -4.15. The molecule has 6 rings (SSSR count). The highest BCUT2D eigenvalue weighted by atomic mass is 19.4. The number of H-pyrrole nitrogens is 1. The van der Waals surface area contributed by atoms with Crippen LogP contribution in [0.25, 0.3) is 5.69 Å². The lowest BCUT2D eigenvalue weighted by Gasteiger charge is -2.37. The van der Waals surface area contributed by atoms with Gasteiger partial charge in [-0.25, -0.2) is 4.68 Å². The Bertz CT molecular complexity index is 1540. The van der Waals surface area contributed by atoms with E-state index < -0.39 is 29.4 Å². The summed E-state index contributed by atoms with van der Waals surface area (Å²) in [4.78, 5) is 43.6. The van der Waals surface area contributed by atoms with E-state index in [1.165, 1.54) is 29.4 Å². The van der Waals surface area contributed by atoms with E-state index in [1.807, 2.05) is 16.8 Å². The molecule has 0 spiro atoms. The SMILES string of the molecule is C=CC(=O)N1CCc2nn(-c3ccc(C4CC4)cc3)c3c2C(C1)N(C(=O)c1ccc(C(F)(F)F)[nH]c1=O)CC3. The molecule has 1 aromatic carbocycles. The highest BCUT2D eigenvalue weighted by molar-refractivity contribution is 5.94. The molecule has 39 heavy (non-hydrogen) atoms. The van der Waals surface area contributed by atoms with Gasteiger partial charge in [0.2, 0.25) is 5.91 Å². The van der Waals surface area contributed by atoms with E-state index in [9.17, 15) is 27.6 Å². The van der Waals surface area contributed by atoms with Gasteiger partial charge in [0.05, 0.1) is 23.1 Å². The molecule has 3 aromatic rings. The normalized spacial score (nSPS) is 18.9. The Morgan fingerprint density at radius 3 is 2.44 bits per heavy atom. The van der Waals surface area contributed by atoms with Crippen LogP contribution in [0.2, 0.25) is 0 Å². The lowest BCUT2D eigenvalue weighted by atomic mass is 9.95. The second kappa shape index (κ2) is 9.25. The highest BCUT2D eigenvalue weighted by Gasteiger charge is 2.41. The van der Waals surface area contributed by atoms with Crippen molar-refractivity contribution in [2.75, 3.05) is 19.6 Å². The largest absolute Gasteiger partial charge is 0.431 e. The minimum absolute atomic E-state index is 0.154. The molecule has 11 heteroatoms. The number of hydrogen-bond donors (Lipinski definition) is 1. The van der Waals surface area contributed by atoms with Crippen molar-refractivity contribution in [3.05, 3.63) is 93.2 Å². The Kier molecular flexibility index (Phi) is 5.96. The summed E-state index contributed by atoms with van der Waals surface area (Å²) in [7, 11) is 0. The van der Waals surface area contributed by atoms with Crippen LogP contribution in [0, 0.1) is 0 Å². The summed E-state index contributed by atoms with van der Waals surface area (Å²) in [5, 5.41) is 4.90. The lowest BCUT2D eigenvalue weighted by molar-refractivity contribution is -0.141. The molecular weight excluding hydrogens is 511 g/mol. The Morgan fingerprint density at radius 2 is 1.79 bits per heavy atom. The minimum atomic E-state index is -4.74. The van der Waals surface area contributed by atoms with Crippen molar-refractivity contribution >= 4 is 11.8 Å². The van der Waals surface area contributed by atoms with Gasteiger partial charge in [-0.15, -0.1) is 0 Å². The smallest absolute Gasteiger partial charge is 0.336 e. The minimum Gasteiger partial charge on any atom is -0.336 e. The summed E-state index contributed by atoms with van der Waals surface area (Å²) >= 11 is 0. The van der Waals surface area contributed by atoms with Gasteiger partial charge in [-0.05, 0) is 54.7 Å². The van der Waals surface area contributed by atoms with Crippen LogP contribution in [0.4, 0.5) is 13.2 Å². The van der Waals surface area contributed by atoms with Crippen LogP contribution in [0.3, 0.4) is 0 Å². The molecule has 1 atom stereocenters. The molecule has 0 saturated heterocycles. The first-order chi connectivity index (χ1) is 18.7. The van der Waals surface area contributed by atoms with Crippen LogP contribution >= 0.6 is 0 Å². The van der Waals surface area contributed by atoms with Gasteiger partial charge < -0.3 is 14.8 Å². The number of carbonyl (C=O) groups excluding carboxylic acids is 2. The Morgan fingerprint density at radius 1 is 1.05 bits per heavy atom. The average molecular weight is 538 g/mol. The van der Waals surface area contributed by atoms with Gasteiger partial charge in [-0.1, -0.05) is 18.7 Å². The summed E-state index contributed by atoms with van der Waals surface area (Å²) in [6.07, 6.45) is -0.228. The summed E-state index contributed by atoms with van der Waals surface area (Å²) < 4.78 is 41.1. The fourth-order valence-corrected chi connectivity index (χ4v) is 5.65. The number of halogens is 3. The second-order valence-electron chi connectivity index (χ2n) is 10.2. The molecule has 1 unspecified atom stereocenters. The van der Waals surface area contributed by atoms with Crippen LogP contribution in [0.5, 0.6) is 0 Å². The van der Waals surface area contributed by atoms with E-state index >= 15 is 0 Å². The third-order valence-electron chi connectivity index (χ3n) is 7.79. The number of rotatable bonds is 4. The van der Waals surface area contributed by atoms with Crippen molar-refractivity contribution < 1.29 is 22.8 Å². The molecule has 1 fully saturated rings. The van der Waals surface area contributed by atoms with Gasteiger partial charge in [0.1, 0.15) is 11.3 Å². The number of nitrogens with zero attached hydrogens (tertiary/aromatic N) is 4. The Balaban J connectivity index is 1.39. The standard InChI is InChI=1S/C28H26F3N5O3/c1-2-24(37)34-13-11-20-25-21(36(33-20)18-7-5-17(6-8-18)16-3-4-16)12-14-35(22(25)15-34)27(39)19-9-10-23(28(29,30)31)32-26(19)38/h2,5-10,16,22H,1,3-4,11-15H2,(H,32,38). The van der Waals surface area contributed by atoms with Crippen LogP contribution in [-0.4, -0.2) is 56.0 Å². The number of alkyl halides is 3. The molecule has 0 bridgehead atoms. The van der Waals surface area contributed by atoms with Crippen molar-refractivity contribution in [2.24, 2.45) is 0 Å². The molecule has 202 valence electrons. The van der Waals surface area contributed by atoms with E-state index in [0.717, 1.165) is 28.7 Å². The zero-order valence-corrected chi connectivity index (χ0v) is 21.0. The topological polar surface area (TPSA) is 91.3 Å². The van der Waals surface area contributed by atoms with E-state index in [2.05, 4.69) is 18.7 Å². The zero-order chi connectivity index (χ0) is 27.5. The predicted octanol–water partition coefficient (Wildman–Crippen LogP) is 3.77. The quantitative estimate of drug-likeness (QED) is 0.513. The molecule has 2 aromatic heterocycles. The van der Waals surface area contributed by atoms with E-state index in [-0.39, 0.29) is 24.6 Å². The van der Waals surface area contributed by atoms with Crippen LogP contribution < -0.4 is 5.56 Å². The van der Waals surface area contributed by atoms with Crippen molar-refractivity contribution in [3.63, 3.8) is 0 Å². The first-order valence-electron chi connectivity index (χ1n) is 12.9. The number of nitrogens with one attached hydrogen (secondary N) is 1. The fourth-order valence-electron chi connectivity index (χ4n) is 5.65. The number of carbonyl (C=O) groups is 2. The van der Waals surface area contributed by atoms with E-state index in [1.54, 1.807) is 9.88 Å². The molecule has 1 saturated carbocycles. The van der Waals surface area contributed by atoms with Gasteiger partial charge in [0, 0.05) is 38.0 Å². The molecule has 2 aliphatic heterocycles. The lowest BCUT2D eigenvalue weighted by Crippen LogP contribution is -2.47. The molecule has 8 nitrogen and oxygen atoms in total. The van der Waals surface area contributed by atoms with Gasteiger partial charge in [-0.3, -0.25) is 14.4 Å². The molecule has 2 amide bonds. The number of pyridine rings is 1. The third kappa shape index (κ3) is 4.45. The predicted molar refractivity (Wildman–Crippen MR) is 136 cm³/mol. The maximum atomic E-state index is 13.6. The maximum Gasteiger partial charge on any atom is 0.431 e. The van der Waals surface area contributed by atoms with E-state index in [4.69, 9.17) is 5.10 Å². The highest BCUT2D eigenvalue weighted by Crippen LogP contribution is 2.41. The van der Waals surface area contributed by atoms with Crippen LogP contribution in [0.1, 0.15) is 63.4 Å². The first kappa shape index (κ1) is 25.1. The average Bonchev–Trinajstić information content (AvgIpc) is 3.73. The number of aromatic nitrogens is 3. The number of hydrogen-bond acceptors (Lipinski definition) is 4. The number of benzene rings is 1. The van der Waals surface area contributed by atoms with Gasteiger partial charge in [0.15, 0.2) is 0 Å². The summed E-state index contributed by atoms with van der Waals surface area (Å²) in [6.45, 7) is 4.31. The van der Waals surface area contributed by atoms with Crippen molar-refractivity contribution in [1.82, 2.24) is 24.6 Å². The fraction of sp³-hybridized carbons (Fsp3) is 0.357. The molecule has 1 N–H and O–H groups in total. The van der Waals surface area contributed by atoms with Crippen molar-refractivity contribution in [3.8, 4) is 5.69 Å².